The van der Waals surface area contributed by atoms with Crippen molar-refractivity contribution in [2.75, 3.05) is 0 Å². The number of rotatable bonds is 5. The molecular weight excluding hydrogens is 270 g/mol. The van der Waals surface area contributed by atoms with Crippen molar-refractivity contribution in [3.8, 4) is 0 Å². The fraction of sp³-hybridized carbons (Fsp3) is 0.167. The minimum Gasteiger partial charge on any atom is -0.287 e. The molecule has 2 aromatic carbocycles. The van der Waals surface area contributed by atoms with Gasteiger partial charge in [-0.15, -0.1) is 6.58 Å². The zero-order valence-electron chi connectivity index (χ0n) is 11.7. The average Bonchev–Trinajstić information content (AvgIpc) is 2.50. The van der Waals surface area contributed by atoms with Gasteiger partial charge in [0, 0.05) is 5.56 Å². The molecule has 0 aliphatic carbocycles. The molecular formula is C18H16F2O. The quantitative estimate of drug-likeness (QED) is 0.571. The summed E-state index contributed by atoms with van der Waals surface area (Å²) >= 11 is 0. The number of aryl methyl sites for hydroxylation is 1. The number of benzene rings is 2. The normalized spacial score (nSPS) is 12.7. The highest BCUT2D eigenvalue weighted by Crippen LogP contribution is 2.37. The van der Waals surface area contributed by atoms with E-state index >= 15 is 0 Å². The fourth-order valence-electron chi connectivity index (χ4n) is 2.19. The van der Waals surface area contributed by atoms with Gasteiger partial charge in [0.1, 0.15) is 0 Å². The van der Waals surface area contributed by atoms with Gasteiger partial charge < -0.3 is 0 Å². The summed E-state index contributed by atoms with van der Waals surface area (Å²) in [6.07, 6.45) is 1.13. The van der Waals surface area contributed by atoms with Crippen molar-refractivity contribution in [1.29, 1.82) is 0 Å². The molecule has 0 saturated heterocycles. The number of halogens is 2. The summed E-state index contributed by atoms with van der Waals surface area (Å²) in [5, 5.41) is 0. The Morgan fingerprint density at radius 2 is 1.67 bits per heavy atom. The molecule has 21 heavy (non-hydrogen) atoms. The highest BCUT2D eigenvalue weighted by Gasteiger charge is 2.46. The topological polar surface area (TPSA) is 17.1 Å². The van der Waals surface area contributed by atoms with E-state index in [1.54, 1.807) is 42.5 Å². The van der Waals surface area contributed by atoms with Crippen LogP contribution in [0.25, 0.3) is 0 Å². The smallest absolute Gasteiger partial charge is 0.287 e. The summed E-state index contributed by atoms with van der Waals surface area (Å²) in [5.41, 5.74) is 1.35. The third-order valence-electron chi connectivity index (χ3n) is 3.40. The van der Waals surface area contributed by atoms with Crippen molar-refractivity contribution in [3.63, 3.8) is 0 Å². The minimum atomic E-state index is -3.53. The van der Waals surface area contributed by atoms with Gasteiger partial charge in [-0.25, -0.2) is 0 Å². The van der Waals surface area contributed by atoms with Crippen LogP contribution in [0.2, 0.25) is 0 Å². The lowest BCUT2D eigenvalue weighted by Gasteiger charge is -2.23. The number of ketones is 1. The summed E-state index contributed by atoms with van der Waals surface area (Å²) in [7, 11) is 0. The van der Waals surface area contributed by atoms with Gasteiger partial charge in [0.15, 0.2) is 0 Å². The first-order valence-corrected chi connectivity index (χ1v) is 6.63. The summed E-state index contributed by atoms with van der Waals surface area (Å²) in [4.78, 5) is 12.1. The Kier molecular flexibility index (Phi) is 4.32. The van der Waals surface area contributed by atoms with Crippen molar-refractivity contribution in [3.05, 3.63) is 83.9 Å². The van der Waals surface area contributed by atoms with Gasteiger partial charge in [0.25, 0.3) is 0 Å². The molecule has 0 saturated carbocycles. The Labute approximate surface area is 122 Å². The van der Waals surface area contributed by atoms with Gasteiger partial charge in [-0.1, -0.05) is 66.2 Å². The molecule has 1 unspecified atom stereocenters. The third kappa shape index (κ3) is 3.07. The molecule has 0 aliphatic rings. The van der Waals surface area contributed by atoms with Gasteiger partial charge in [-0.3, -0.25) is 4.79 Å². The van der Waals surface area contributed by atoms with Crippen molar-refractivity contribution in [1.82, 2.24) is 0 Å². The molecule has 0 radical (unpaired) electrons. The second-order valence-electron chi connectivity index (χ2n) is 4.94. The highest BCUT2D eigenvalue weighted by atomic mass is 19.3. The lowest BCUT2D eigenvalue weighted by molar-refractivity contribution is 0.00118. The van der Waals surface area contributed by atoms with Gasteiger partial charge >= 0.3 is 5.92 Å². The molecule has 0 spiro atoms. The van der Waals surface area contributed by atoms with E-state index in [2.05, 4.69) is 6.58 Å². The average molecular weight is 286 g/mol. The third-order valence-corrected chi connectivity index (χ3v) is 3.40. The standard InChI is InChI=1S/C18H16F2O/c1-3-16(14-11-9-13(2)10-12-14)18(19,20)17(21)15-7-5-4-6-8-15/h3-12,16H,1H2,2H3. The van der Waals surface area contributed by atoms with Crippen LogP contribution in [-0.2, 0) is 0 Å². The molecule has 0 aromatic heterocycles. The maximum Gasteiger partial charge on any atom is 0.319 e. The molecule has 0 bridgehead atoms. The van der Waals surface area contributed by atoms with Crippen LogP contribution in [0.1, 0.15) is 27.4 Å². The number of Topliss-reactive ketones (excluding diaryl/α,β-unsaturated/α-hetero) is 1. The van der Waals surface area contributed by atoms with E-state index in [0.29, 0.717) is 5.56 Å². The number of allylic oxidation sites excluding steroid dienone is 1. The van der Waals surface area contributed by atoms with Crippen LogP contribution < -0.4 is 0 Å². The number of alkyl halides is 2. The van der Waals surface area contributed by atoms with Crippen LogP contribution in [0.15, 0.2) is 67.3 Å². The predicted molar refractivity (Wildman–Crippen MR) is 79.8 cm³/mol. The Bertz CT molecular complexity index is 630. The van der Waals surface area contributed by atoms with Gasteiger partial charge in [0.05, 0.1) is 5.92 Å². The van der Waals surface area contributed by atoms with Crippen molar-refractivity contribution in [2.45, 2.75) is 18.8 Å². The Balaban J connectivity index is 2.38. The molecule has 1 atom stereocenters. The predicted octanol–water partition coefficient (Wildman–Crippen LogP) is 4.78. The number of carbonyl (C=O) groups is 1. The van der Waals surface area contributed by atoms with Gasteiger partial charge in [-0.05, 0) is 12.5 Å². The van der Waals surface area contributed by atoms with E-state index < -0.39 is 17.6 Å². The van der Waals surface area contributed by atoms with E-state index in [0.717, 1.165) is 11.6 Å². The second kappa shape index (κ2) is 6.00. The zero-order chi connectivity index (χ0) is 15.5. The van der Waals surface area contributed by atoms with Gasteiger partial charge in [-0.2, -0.15) is 8.78 Å². The van der Waals surface area contributed by atoms with Crippen LogP contribution in [0, 0.1) is 6.92 Å². The van der Waals surface area contributed by atoms with E-state index in [1.165, 1.54) is 12.1 Å². The summed E-state index contributed by atoms with van der Waals surface area (Å²) in [5.74, 6) is -6.06. The zero-order valence-corrected chi connectivity index (χ0v) is 11.7. The number of carbonyl (C=O) groups excluding carboxylic acids is 1. The molecule has 0 aliphatic heterocycles. The highest BCUT2D eigenvalue weighted by molar-refractivity contribution is 6.02. The maximum absolute atomic E-state index is 14.5. The number of hydrogen-bond acceptors (Lipinski definition) is 1. The van der Waals surface area contributed by atoms with E-state index in [4.69, 9.17) is 0 Å². The molecule has 0 heterocycles. The molecule has 2 aromatic rings. The van der Waals surface area contributed by atoms with Crippen LogP contribution >= 0.6 is 0 Å². The van der Waals surface area contributed by atoms with Crippen molar-refractivity contribution in [2.24, 2.45) is 0 Å². The first kappa shape index (κ1) is 15.1. The van der Waals surface area contributed by atoms with E-state index in [9.17, 15) is 13.6 Å². The molecule has 108 valence electrons. The SMILES string of the molecule is C=CC(c1ccc(C)cc1)C(F)(F)C(=O)c1ccccc1. The Hall–Kier alpha value is -2.29. The maximum atomic E-state index is 14.5. The van der Waals surface area contributed by atoms with Crippen LogP contribution in [0.3, 0.4) is 0 Å². The molecule has 0 fully saturated rings. The lowest BCUT2D eigenvalue weighted by Crippen LogP contribution is -2.35. The first-order valence-electron chi connectivity index (χ1n) is 6.63. The largest absolute Gasteiger partial charge is 0.319 e. The molecule has 0 amide bonds. The fourth-order valence-corrected chi connectivity index (χ4v) is 2.19. The Morgan fingerprint density at radius 3 is 2.19 bits per heavy atom. The molecule has 2 rings (SSSR count). The molecule has 0 N–H and O–H groups in total. The van der Waals surface area contributed by atoms with Crippen molar-refractivity contribution < 1.29 is 13.6 Å². The van der Waals surface area contributed by atoms with Crippen LogP contribution in [0.5, 0.6) is 0 Å². The van der Waals surface area contributed by atoms with E-state index in [1.807, 2.05) is 6.92 Å². The minimum absolute atomic E-state index is 0.00135. The summed E-state index contributed by atoms with van der Waals surface area (Å²) in [6, 6.07) is 14.3. The number of hydrogen-bond donors (Lipinski definition) is 0. The van der Waals surface area contributed by atoms with E-state index in [-0.39, 0.29) is 5.56 Å². The Morgan fingerprint density at radius 1 is 1.10 bits per heavy atom. The lowest BCUT2D eigenvalue weighted by atomic mass is 9.87. The first-order chi connectivity index (χ1) is 9.96. The molecule has 1 nitrogen and oxygen atoms in total. The second-order valence-corrected chi connectivity index (χ2v) is 4.94. The summed E-state index contributed by atoms with van der Waals surface area (Å²) in [6.45, 7) is 5.34. The van der Waals surface area contributed by atoms with Crippen molar-refractivity contribution >= 4 is 5.78 Å². The molecule has 3 heteroatoms. The van der Waals surface area contributed by atoms with Crippen LogP contribution in [0.4, 0.5) is 8.78 Å². The van der Waals surface area contributed by atoms with Crippen LogP contribution in [-0.4, -0.2) is 11.7 Å². The summed E-state index contributed by atoms with van der Waals surface area (Å²) < 4.78 is 29.1. The monoisotopic (exact) mass is 286 g/mol. The van der Waals surface area contributed by atoms with Gasteiger partial charge in [0.2, 0.25) is 5.78 Å².